The van der Waals surface area contributed by atoms with Crippen LogP contribution in [0.1, 0.15) is 27.6 Å². The highest BCUT2D eigenvalue weighted by Gasteiger charge is 2.17. The van der Waals surface area contributed by atoms with E-state index in [9.17, 15) is 0 Å². The molecule has 1 aliphatic rings. The van der Waals surface area contributed by atoms with Crippen molar-refractivity contribution in [2.24, 2.45) is 0 Å². The number of benzene rings is 2. The highest BCUT2D eigenvalue weighted by Crippen LogP contribution is 2.36. The van der Waals surface area contributed by atoms with Gasteiger partial charge in [-0.25, -0.2) is 0 Å². The monoisotopic (exact) mass is 226 g/mol. The molecule has 0 aliphatic heterocycles. The molecule has 0 nitrogen and oxygen atoms in total. The van der Waals surface area contributed by atoms with Gasteiger partial charge in [0.05, 0.1) is 5.38 Å². The maximum absolute atomic E-state index is 6.54. The third-order valence-electron chi connectivity index (χ3n) is 2.98. The number of halogens is 1. The average molecular weight is 227 g/mol. The predicted molar refractivity (Wildman–Crippen MR) is 69.5 cm³/mol. The molecule has 2 aromatic rings. The molecule has 1 heteroatoms. The second kappa shape index (κ2) is 3.80. The van der Waals surface area contributed by atoms with Crippen LogP contribution < -0.4 is 0 Å². The fraction of sp³-hybridized carbons (Fsp3) is 0.0667. The molecule has 0 spiro atoms. The third kappa shape index (κ3) is 1.46. The number of fused-ring (bicyclic) bond motifs is 2. The number of hydrogen-bond donors (Lipinski definition) is 0. The average Bonchev–Trinajstić information content (AvgIpc) is 2.49. The first-order valence-electron chi connectivity index (χ1n) is 5.36. The molecule has 0 fully saturated rings. The van der Waals surface area contributed by atoms with Gasteiger partial charge in [0.15, 0.2) is 0 Å². The van der Waals surface area contributed by atoms with E-state index in [1.54, 1.807) is 0 Å². The molecule has 0 heterocycles. The van der Waals surface area contributed by atoms with Gasteiger partial charge in [0.25, 0.3) is 0 Å². The second-order valence-electron chi connectivity index (χ2n) is 3.95. The molecule has 0 bridgehead atoms. The molecule has 0 unspecified atom stereocenters. The fourth-order valence-corrected chi connectivity index (χ4v) is 2.53. The summed E-state index contributed by atoms with van der Waals surface area (Å²) in [4.78, 5) is 0. The van der Waals surface area contributed by atoms with Gasteiger partial charge in [-0.15, -0.1) is 11.6 Å². The molecular formula is C15H11Cl. The van der Waals surface area contributed by atoms with E-state index in [0.29, 0.717) is 0 Å². The third-order valence-corrected chi connectivity index (χ3v) is 3.45. The maximum atomic E-state index is 6.54. The Morgan fingerprint density at radius 1 is 0.688 bits per heavy atom. The first kappa shape index (κ1) is 9.68. The van der Waals surface area contributed by atoms with Crippen LogP contribution in [-0.2, 0) is 0 Å². The first-order chi connectivity index (χ1) is 7.86. The molecule has 78 valence electrons. The molecule has 3 rings (SSSR count). The Morgan fingerprint density at radius 2 is 1.12 bits per heavy atom. The number of hydrogen-bond acceptors (Lipinski definition) is 0. The molecular weight excluding hydrogens is 216 g/mol. The zero-order valence-corrected chi connectivity index (χ0v) is 9.48. The van der Waals surface area contributed by atoms with E-state index in [0.717, 1.165) is 0 Å². The summed E-state index contributed by atoms with van der Waals surface area (Å²) in [6.07, 6.45) is 4.27. The Morgan fingerprint density at radius 3 is 1.62 bits per heavy atom. The first-order valence-corrected chi connectivity index (χ1v) is 5.80. The zero-order valence-electron chi connectivity index (χ0n) is 8.73. The van der Waals surface area contributed by atoms with Crippen LogP contribution >= 0.6 is 11.6 Å². The summed E-state index contributed by atoms with van der Waals surface area (Å²) in [5, 5.41) is -0.0533. The van der Waals surface area contributed by atoms with E-state index in [4.69, 9.17) is 11.6 Å². The molecule has 0 amide bonds. The number of alkyl halides is 1. The minimum Gasteiger partial charge on any atom is -0.113 e. The smallest absolute Gasteiger partial charge is 0.0846 e. The molecule has 0 saturated heterocycles. The molecule has 0 atom stereocenters. The Balaban J connectivity index is 2.26. The van der Waals surface area contributed by atoms with E-state index in [1.165, 1.54) is 22.3 Å². The van der Waals surface area contributed by atoms with E-state index < -0.39 is 0 Å². The molecule has 0 aromatic heterocycles. The van der Waals surface area contributed by atoms with Crippen LogP contribution in [0.2, 0.25) is 0 Å². The van der Waals surface area contributed by atoms with Gasteiger partial charge in [0.1, 0.15) is 0 Å². The van der Waals surface area contributed by atoms with E-state index in [-0.39, 0.29) is 5.38 Å². The largest absolute Gasteiger partial charge is 0.113 e. The maximum Gasteiger partial charge on any atom is 0.0846 e. The van der Waals surface area contributed by atoms with E-state index in [2.05, 4.69) is 36.4 Å². The van der Waals surface area contributed by atoms with Gasteiger partial charge in [-0.1, -0.05) is 60.7 Å². The van der Waals surface area contributed by atoms with Crippen LogP contribution in [0.4, 0.5) is 0 Å². The van der Waals surface area contributed by atoms with Crippen LogP contribution in [0.15, 0.2) is 48.5 Å². The zero-order chi connectivity index (χ0) is 11.0. The highest BCUT2D eigenvalue weighted by molar-refractivity contribution is 6.23. The standard InChI is InChI=1S/C15H11Cl/c16-15-13-7-3-1-5-11(13)9-10-12-6-2-4-8-14(12)15/h1-10,15H. The molecule has 1 aliphatic carbocycles. The second-order valence-corrected chi connectivity index (χ2v) is 4.39. The van der Waals surface area contributed by atoms with Crippen molar-refractivity contribution < 1.29 is 0 Å². The van der Waals surface area contributed by atoms with E-state index >= 15 is 0 Å². The molecule has 2 aromatic carbocycles. The Hall–Kier alpha value is -1.53. The Kier molecular flexibility index (Phi) is 2.30. The summed E-state index contributed by atoms with van der Waals surface area (Å²) in [5.41, 5.74) is 4.79. The summed E-state index contributed by atoms with van der Waals surface area (Å²) in [7, 11) is 0. The van der Waals surface area contributed by atoms with Crippen molar-refractivity contribution in [1.29, 1.82) is 0 Å². The van der Waals surface area contributed by atoms with Crippen molar-refractivity contribution in [3.8, 4) is 0 Å². The van der Waals surface area contributed by atoms with Crippen LogP contribution in [0.3, 0.4) is 0 Å². The summed E-state index contributed by atoms with van der Waals surface area (Å²) < 4.78 is 0. The topological polar surface area (TPSA) is 0 Å². The molecule has 0 radical (unpaired) electrons. The van der Waals surface area contributed by atoms with Gasteiger partial charge in [0.2, 0.25) is 0 Å². The highest BCUT2D eigenvalue weighted by atomic mass is 35.5. The predicted octanol–water partition coefficient (Wildman–Crippen LogP) is 4.50. The Bertz CT molecular complexity index is 505. The van der Waals surface area contributed by atoms with Crippen LogP contribution in [0.25, 0.3) is 12.2 Å². The van der Waals surface area contributed by atoms with Crippen LogP contribution in [-0.4, -0.2) is 0 Å². The van der Waals surface area contributed by atoms with Crippen molar-refractivity contribution in [3.63, 3.8) is 0 Å². The number of rotatable bonds is 0. The SMILES string of the molecule is ClC1c2ccccc2C=Cc2ccccc21. The molecule has 0 saturated carbocycles. The van der Waals surface area contributed by atoms with Gasteiger partial charge >= 0.3 is 0 Å². The summed E-state index contributed by atoms with van der Waals surface area (Å²) in [6.45, 7) is 0. The molecule has 0 N–H and O–H groups in total. The van der Waals surface area contributed by atoms with Gasteiger partial charge < -0.3 is 0 Å². The summed E-state index contributed by atoms with van der Waals surface area (Å²) >= 11 is 6.54. The quantitative estimate of drug-likeness (QED) is 0.581. The van der Waals surface area contributed by atoms with Crippen LogP contribution in [0.5, 0.6) is 0 Å². The lowest BCUT2D eigenvalue weighted by Crippen LogP contribution is -1.95. The van der Waals surface area contributed by atoms with Crippen molar-refractivity contribution in [2.75, 3.05) is 0 Å². The van der Waals surface area contributed by atoms with E-state index in [1.807, 2.05) is 24.3 Å². The Labute approximate surface area is 100 Å². The summed E-state index contributed by atoms with van der Waals surface area (Å²) in [6, 6.07) is 16.6. The fourth-order valence-electron chi connectivity index (χ4n) is 2.13. The lowest BCUT2D eigenvalue weighted by molar-refractivity contribution is 1.13. The van der Waals surface area contributed by atoms with Crippen molar-refractivity contribution in [3.05, 3.63) is 70.8 Å². The molecule has 16 heavy (non-hydrogen) atoms. The van der Waals surface area contributed by atoms with Crippen molar-refractivity contribution >= 4 is 23.8 Å². The van der Waals surface area contributed by atoms with Crippen molar-refractivity contribution in [1.82, 2.24) is 0 Å². The lowest BCUT2D eigenvalue weighted by atomic mass is 9.99. The normalized spacial score (nSPS) is 14.1. The lowest BCUT2D eigenvalue weighted by Gasteiger charge is -2.12. The summed E-state index contributed by atoms with van der Waals surface area (Å²) in [5.74, 6) is 0. The van der Waals surface area contributed by atoms with Gasteiger partial charge in [0, 0.05) is 0 Å². The van der Waals surface area contributed by atoms with Gasteiger partial charge in [-0.3, -0.25) is 0 Å². The van der Waals surface area contributed by atoms with Crippen molar-refractivity contribution in [2.45, 2.75) is 5.38 Å². The van der Waals surface area contributed by atoms with Gasteiger partial charge in [-0.05, 0) is 22.3 Å². The van der Waals surface area contributed by atoms with Gasteiger partial charge in [-0.2, -0.15) is 0 Å². The minimum absolute atomic E-state index is 0.0533. The van der Waals surface area contributed by atoms with Crippen LogP contribution in [0, 0.1) is 0 Å². The minimum atomic E-state index is -0.0533.